The molecule has 0 aromatic heterocycles. The van der Waals surface area contributed by atoms with Crippen LogP contribution in [-0.4, -0.2) is 34.7 Å². The number of amides is 1. The van der Waals surface area contributed by atoms with E-state index in [9.17, 15) is 14.9 Å². The Morgan fingerprint density at radius 3 is 2.67 bits per heavy atom. The molecule has 7 heteroatoms. The molecule has 0 aliphatic heterocycles. The van der Waals surface area contributed by atoms with Crippen LogP contribution in [0.1, 0.15) is 17.3 Å². The number of halogens is 2. The molecule has 1 aromatic rings. The number of carbonyl (C=O) groups excluding carboxylic acids is 1. The predicted molar refractivity (Wildman–Crippen MR) is 70.4 cm³/mol. The van der Waals surface area contributed by atoms with Crippen molar-refractivity contribution in [2.45, 2.75) is 6.92 Å². The lowest BCUT2D eigenvalue weighted by molar-refractivity contribution is -0.385. The monoisotopic (exact) mass is 290 g/mol. The summed E-state index contributed by atoms with van der Waals surface area (Å²) in [6.07, 6.45) is 0. The number of alkyl halides is 1. The van der Waals surface area contributed by atoms with Crippen molar-refractivity contribution in [2.24, 2.45) is 0 Å². The third-order valence-corrected chi connectivity index (χ3v) is 2.81. The molecular weight excluding hydrogens is 279 g/mol. The highest BCUT2D eigenvalue weighted by Crippen LogP contribution is 2.24. The van der Waals surface area contributed by atoms with Gasteiger partial charge in [0.05, 0.1) is 4.92 Å². The number of carbonyl (C=O) groups is 1. The zero-order valence-corrected chi connectivity index (χ0v) is 11.2. The molecule has 0 saturated carbocycles. The molecule has 1 rings (SSSR count). The number of nitro benzene ring substituents is 1. The molecule has 0 unspecified atom stereocenters. The van der Waals surface area contributed by atoms with Gasteiger partial charge >= 0.3 is 0 Å². The van der Waals surface area contributed by atoms with Crippen LogP contribution < -0.4 is 0 Å². The van der Waals surface area contributed by atoms with Gasteiger partial charge in [0.25, 0.3) is 11.6 Å². The summed E-state index contributed by atoms with van der Waals surface area (Å²) in [6, 6.07) is 3.99. The summed E-state index contributed by atoms with van der Waals surface area (Å²) in [7, 11) is 0. The molecule has 0 N–H and O–H groups in total. The summed E-state index contributed by atoms with van der Waals surface area (Å²) >= 11 is 11.3. The Hall–Kier alpha value is -1.33. The number of nitrogens with zero attached hydrogens (tertiary/aromatic N) is 2. The van der Waals surface area contributed by atoms with Crippen LogP contribution in [0.15, 0.2) is 18.2 Å². The Balaban J connectivity index is 3.15. The first-order chi connectivity index (χ1) is 8.51. The van der Waals surface area contributed by atoms with Crippen LogP contribution in [0.4, 0.5) is 5.69 Å². The van der Waals surface area contributed by atoms with Gasteiger partial charge in [-0.2, -0.15) is 0 Å². The number of rotatable bonds is 5. The number of hydrogen-bond acceptors (Lipinski definition) is 3. The molecule has 0 aliphatic rings. The summed E-state index contributed by atoms with van der Waals surface area (Å²) in [5.74, 6) is -0.137. The fourth-order valence-corrected chi connectivity index (χ4v) is 1.88. The van der Waals surface area contributed by atoms with Crippen LogP contribution in [0.3, 0.4) is 0 Å². The van der Waals surface area contributed by atoms with Crippen molar-refractivity contribution in [3.05, 3.63) is 38.9 Å². The first-order valence-corrected chi connectivity index (χ1v) is 6.21. The molecule has 18 heavy (non-hydrogen) atoms. The molecule has 1 aromatic carbocycles. The Bertz CT molecular complexity index is 466. The SMILES string of the molecule is CCN(CCCl)C(=O)c1ccc(Cl)cc1[N+](=O)[O-]. The topological polar surface area (TPSA) is 63.5 Å². The molecule has 0 saturated heterocycles. The van der Waals surface area contributed by atoms with Crippen molar-refractivity contribution < 1.29 is 9.72 Å². The van der Waals surface area contributed by atoms with E-state index < -0.39 is 10.8 Å². The van der Waals surface area contributed by atoms with E-state index in [1.54, 1.807) is 6.92 Å². The highest BCUT2D eigenvalue weighted by Gasteiger charge is 2.23. The quantitative estimate of drug-likeness (QED) is 0.476. The van der Waals surface area contributed by atoms with Crippen molar-refractivity contribution in [3.63, 3.8) is 0 Å². The normalized spacial score (nSPS) is 10.2. The van der Waals surface area contributed by atoms with Gasteiger partial charge in [-0.15, -0.1) is 11.6 Å². The zero-order valence-electron chi connectivity index (χ0n) is 9.73. The predicted octanol–water partition coefficient (Wildman–Crippen LogP) is 2.95. The van der Waals surface area contributed by atoms with E-state index in [2.05, 4.69) is 0 Å². The average Bonchev–Trinajstić information content (AvgIpc) is 2.35. The number of hydrogen-bond donors (Lipinski definition) is 0. The summed E-state index contributed by atoms with van der Waals surface area (Å²) in [5, 5.41) is 11.1. The van der Waals surface area contributed by atoms with E-state index in [-0.39, 0.29) is 22.2 Å². The lowest BCUT2D eigenvalue weighted by atomic mass is 10.1. The minimum Gasteiger partial charge on any atom is -0.338 e. The molecule has 0 radical (unpaired) electrons. The molecular formula is C11H12Cl2N2O3. The minimum atomic E-state index is -0.617. The lowest BCUT2D eigenvalue weighted by Crippen LogP contribution is -2.32. The minimum absolute atomic E-state index is 0.0244. The number of nitro groups is 1. The van der Waals surface area contributed by atoms with Crippen molar-refractivity contribution >= 4 is 34.8 Å². The van der Waals surface area contributed by atoms with Gasteiger partial charge in [0.2, 0.25) is 0 Å². The van der Waals surface area contributed by atoms with Crippen LogP contribution in [0.25, 0.3) is 0 Å². The molecule has 98 valence electrons. The fourth-order valence-electron chi connectivity index (χ4n) is 1.51. The van der Waals surface area contributed by atoms with Crippen LogP contribution >= 0.6 is 23.2 Å². The van der Waals surface area contributed by atoms with E-state index in [0.717, 1.165) is 0 Å². The Kier molecular flexibility index (Phi) is 5.37. The van der Waals surface area contributed by atoms with Gasteiger partial charge in [0.15, 0.2) is 0 Å². The maximum absolute atomic E-state index is 12.1. The van der Waals surface area contributed by atoms with Crippen LogP contribution in [0.2, 0.25) is 5.02 Å². The Morgan fingerprint density at radius 1 is 1.50 bits per heavy atom. The molecule has 0 aliphatic carbocycles. The van der Waals surface area contributed by atoms with Crippen LogP contribution in [0, 0.1) is 10.1 Å². The highest BCUT2D eigenvalue weighted by molar-refractivity contribution is 6.31. The van der Waals surface area contributed by atoms with Gasteiger partial charge < -0.3 is 4.90 Å². The smallest absolute Gasteiger partial charge is 0.283 e. The van der Waals surface area contributed by atoms with E-state index in [4.69, 9.17) is 23.2 Å². The van der Waals surface area contributed by atoms with Gasteiger partial charge in [-0.25, -0.2) is 0 Å². The standard InChI is InChI=1S/C11H12Cl2N2O3/c1-2-14(6-5-12)11(16)9-4-3-8(13)7-10(9)15(17)18/h3-4,7H,2,5-6H2,1H3. The van der Waals surface area contributed by atoms with E-state index in [0.29, 0.717) is 13.1 Å². The van der Waals surface area contributed by atoms with Gasteiger partial charge in [0, 0.05) is 30.1 Å². The second kappa shape index (κ2) is 6.56. The van der Waals surface area contributed by atoms with E-state index >= 15 is 0 Å². The molecule has 1 amide bonds. The van der Waals surface area contributed by atoms with Crippen molar-refractivity contribution in [2.75, 3.05) is 19.0 Å². The zero-order chi connectivity index (χ0) is 13.7. The first kappa shape index (κ1) is 14.7. The molecule has 0 atom stereocenters. The molecule has 0 heterocycles. The number of benzene rings is 1. The van der Waals surface area contributed by atoms with Crippen molar-refractivity contribution in [1.29, 1.82) is 0 Å². The maximum Gasteiger partial charge on any atom is 0.283 e. The maximum atomic E-state index is 12.1. The third-order valence-electron chi connectivity index (χ3n) is 2.41. The largest absolute Gasteiger partial charge is 0.338 e. The Morgan fingerprint density at radius 2 is 2.17 bits per heavy atom. The molecule has 0 fully saturated rings. The van der Waals surface area contributed by atoms with Gasteiger partial charge in [0.1, 0.15) is 5.56 Å². The second-order valence-corrected chi connectivity index (χ2v) is 4.31. The molecule has 0 bridgehead atoms. The highest BCUT2D eigenvalue weighted by atomic mass is 35.5. The average molecular weight is 291 g/mol. The summed E-state index contributed by atoms with van der Waals surface area (Å²) in [6.45, 7) is 2.56. The first-order valence-electron chi connectivity index (χ1n) is 5.30. The van der Waals surface area contributed by atoms with Crippen molar-refractivity contribution in [3.8, 4) is 0 Å². The fraction of sp³-hybridized carbons (Fsp3) is 0.364. The third kappa shape index (κ3) is 3.34. The molecule has 5 nitrogen and oxygen atoms in total. The van der Waals surface area contributed by atoms with E-state index in [1.807, 2.05) is 0 Å². The van der Waals surface area contributed by atoms with Gasteiger partial charge in [-0.3, -0.25) is 14.9 Å². The lowest BCUT2D eigenvalue weighted by Gasteiger charge is -2.19. The summed E-state index contributed by atoms with van der Waals surface area (Å²) < 4.78 is 0. The summed E-state index contributed by atoms with van der Waals surface area (Å²) in [4.78, 5) is 23.8. The molecule has 0 spiro atoms. The van der Waals surface area contributed by atoms with Crippen molar-refractivity contribution in [1.82, 2.24) is 4.90 Å². The van der Waals surface area contributed by atoms with Crippen LogP contribution in [-0.2, 0) is 0 Å². The van der Waals surface area contributed by atoms with Gasteiger partial charge in [-0.05, 0) is 19.1 Å². The summed E-state index contributed by atoms with van der Waals surface area (Å²) in [5.41, 5.74) is -0.267. The van der Waals surface area contributed by atoms with E-state index in [1.165, 1.54) is 23.1 Å². The second-order valence-electron chi connectivity index (χ2n) is 3.49. The Labute approximate surface area is 114 Å². The van der Waals surface area contributed by atoms with Gasteiger partial charge in [-0.1, -0.05) is 11.6 Å². The van der Waals surface area contributed by atoms with Crippen LogP contribution in [0.5, 0.6) is 0 Å².